The Morgan fingerprint density at radius 3 is 2.65 bits per heavy atom. The van der Waals surface area contributed by atoms with Crippen LogP contribution in [0.5, 0.6) is 0 Å². The fraction of sp³-hybridized carbons (Fsp3) is 0. The lowest BCUT2D eigenvalue weighted by molar-refractivity contribution is 0.582. The van der Waals surface area contributed by atoms with Gasteiger partial charge < -0.3 is 10.2 Å². The third-order valence-corrected chi connectivity index (χ3v) is 3.21. The summed E-state index contributed by atoms with van der Waals surface area (Å²) in [7, 11) is 0. The number of pyridine rings is 1. The van der Waals surface area contributed by atoms with Crippen LogP contribution in [0.2, 0.25) is 0 Å². The summed E-state index contributed by atoms with van der Waals surface area (Å²) in [5.74, 6) is -0.732. The molecule has 0 saturated heterocycles. The van der Waals surface area contributed by atoms with Gasteiger partial charge >= 0.3 is 0 Å². The van der Waals surface area contributed by atoms with Gasteiger partial charge in [0, 0.05) is 18.0 Å². The van der Waals surface area contributed by atoms with Crippen molar-refractivity contribution in [2.24, 2.45) is 10.8 Å². The average Bonchev–Trinajstić information content (AvgIpc) is 3.13. The van der Waals surface area contributed by atoms with Crippen molar-refractivity contribution in [1.29, 1.82) is 10.7 Å². The molecule has 0 unspecified atom stereocenters. The molecule has 128 valence electrons. The molecule has 2 heterocycles. The summed E-state index contributed by atoms with van der Waals surface area (Å²) in [5, 5.41) is 27.7. The Hall–Kier alpha value is -4.13. The van der Waals surface area contributed by atoms with E-state index in [0.717, 1.165) is 0 Å². The number of amidine groups is 1. The number of nitrogens with zero attached hydrogens (tertiary/aromatic N) is 5. The van der Waals surface area contributed by atoms with Gasteiger partial charge in [0.05, 0.1) is 11.3 Å². The molecule has 0 aliphatic rings. The minimum absolute atomic E-state index is 0.0512. The normalized spacial score (nSPS) is 11.0. The van der Waals surface area contributed by atoms with E-state index in [9.17, 15) is 4.39 Å². The molecule has 0 saturated carbocycles. The van der Waals surface area contributed by atoms with E-state index < -0.39 is 11.7 Å². The van der Waals surface area contributed by atoms with Gasteiger partial charge in [-0.25, -0.2) is 4.39 Å². The molecule has 10 heteroatoms. The van der Waals surface area contributed by atoms with Crippen LogP contribution in [0.15, 0.2) is 52.2 Å². The molecule has 0 amide bonds. The van der Waals surface area contributed by atoms with Crippen LogP contribution in [0.1, 0.15) is 0 Å². The lowest BCUT2D eigenvalue weighted by Gasteiger charge is -2.06. The molecule has 0 spiro atoms. The second kappa shape index (κ2) is 7.18. The predicted octanol–water partition coefficient (Wildman–Crippen LogP) is 2.17. The molecule has 0 bridgehead atoms. The summed E-state index contributed by atoms with van der Waals surface area (Å²) in [4.78, 5) is 3.91. The van der Waals surface area contributed by atoms with Crippen molar-refractivity contribution in [1.82, 2.24) is 15.2 Å². The van der Waals surface area contributed by atoms with Crippen LogP contribution in [0.25, 0.3) is 22.9 Å². The molecule has 0 radical (unpaired) electrons. The topological polar surface area (TPSA) is 150 Å². The third-order valence-electron chi connectivity index (χ3n) is 3.21. The highest BCUT2D eigenvalue weighted by atomic mass is 19.1. The lowest BCUT2D eigenvalue weighted by Crippen LogP contribution is -2.21. The van der Waals surface area contributed by atoms with Crippen molar-refractivity contribution in [2.75, 3.05) is 5.43 Å². The van der Waals surface area contributed by atoms with Crippen LogP contribution in [0, 0.1) is 22.6 Å². The van der Waals surface area contributed by atoms with E-state index in [1.807, 2.05) is 0 Å². The number of aromatic nitrogens is 3. The number of halogens is 1. The maximum atomic E-state index is 13.7. The fourth-order valence-electron chi connectivity index (χ4n) is 2.00. The first-order valence-corrected chi connectivity index (χ1v) is 7.20. The van der Waals surface area contributed by atoms with Crippen LogP contribution in [-0.4, -0.2) is 26.7 Å². The molecule has 26 heavy (non-hydrogen) atoms. The second-order valence-electron chi connectivity index (χ2n) is 4.94. The minimum atomic E-state index is -0.523. The van der Waals surface area contributed by atoms with Crippen LogP contribution < -0.4 is 11.2 Å². The Balaban J connectivity index is 1.98. The van der Waals surface area contributed by atoms with E-state index in [1.54, 1.807) is 30.6 Å². The zero-order valence-corrected chi connectivity index (χ0v) is 13.1. The Morgan fingerprint density at radius 2 is 1.96 bits per heavy atom. The van der Waals surface area contributed by atoms with Gasteiger partial charge in [0.15, 0.2) is 5.84 Å². The second-order valence-corrected chi connectivity index (χ2v) is 4.94. The number of rotatable bonds is 5. The quantitative estimate of drug-likeness (QED) is 0.362. The molecule has 3 aromatic rings. The van der Waals surface area contributed by atoms with Crippen molar-refractivity contribution >= 4 is 17.2 Å². The monoisotopic (exact) mass is 350 g/mol. The van der Waals surface area contributed by atoms with Crippen LogP contribution in [0.3, 0.4) is 0 Å². The van der Waals surface area contributed by atoms with Gasteiger partial charge in [-0.2, -0.15) is 10.4 Å². The summed E-state index contributed by atoms with van der Waals surface area (Å²) in [6, 6.07) is 8.83. The Morgan fingerprint density at radius 1 is 1.23 bits per heavy atom. The van der Waals surface area contributed by atoms with Gasteiger partial charge in [-0.1, -0.05) is 0 Å². The van der Waals surface area contributed by atoms with E-state index >= 15 is 0 Å². The molecule has 0 fully saturated rings. The molecular weight excluding hydrogens is 339 g/mol. The number of anilines is 1. The van der Waals surface area contributed by atoms with Gasteiger partial charge in [-0.15, -0.1) is 10.2 Å². The van der Waals surface area contributed by atoms with Crippen LogP contribution in [-0.2, 0) is 0 Å². The third kappa shape index (κ3) is 3.51. The average molecular weight is 350 g/mol. The number of nitrogens with one attached hydrogen (secondary N) is 2. The first-order chi connectivity index (χ1) is 12.6. The number of hydrogen-bond donors (Lipinski definition) is 3. The summed E-state index contributed by atoms with van der Waals surface area (Å²) in [6.07, 6.45) is 3.16. The number of hydrogen-bond acceptors (Lipinski definition) is 8. The smallest absolute Gasteiger partial charge is 0.250 e. The first-order valence-electron chi connectivity index (χ1n) is 7.20. The zero-order chi connectivity index (χ0) is 18.5. The standard InChI is InChI=1S/C16H11FN8O/c17-10-1-2-12(22-23-13(8-18)14(19)20)11(7-10)16-25-24-15(26-16)9-3-5-21-6-4-9/h1-7,22H,(H3,19,20)/b23-13+. The van der Waals surface area contributed by atoms with Crippen LogP contribution >= 0.6 is 0 Å². The molecule has 0 aliphatic carbocycles. The lowest BCUT2D eigenvalue weighted by atomic mass is 10.2. The largest absolute Gasteiger partial charge is 0.416 e. The number of nitriles is 1. The van der Waals surface area contributed by atoms with Gasteiger partial charge in [0.25, 0.3) is 0 Å². The highest BCUT2D eigenvalue weighted by Gasteiger charge is 2.15. The molecule has 1 aromatic carbocycles. The fourth-order valence-corrected chi connectivity index (χ4v) is 2.00. The first kappa shape index (κ1) is 16.7. The van der Waals surface area contributed by atoms with Gasteiger partial charge in [0.2, 0.25) is 17.5 Å². The summed E-state index contributed by atoms with van der Waals surface area (Å²) < 4.78 is 19.3. The van der Waals surface area contributed by atoms with Crippen molar-refractivity contribution in [3.05, 3.63) is 48.5 Å². The summed E-state index contributed by atoms with van der Waals surface area (Å²) in [6.45, 7) is 0. The van der Waals surface area contributed by atoms with Crippen molar-refractivity contribution in [3.63, 3.8) is 0 Å². The van der Waals surface area contributed by atoms with E-state index in [4.69, 9.17) is 20.8 Å². The Bertz CT molecular complexity index is 1020. The predicted molar refractivity (Wildman–Crippen MR) is 91.5 cm³/mol. The van der Waals surface area contributed by atoms with Gasteiger partial charge in [0.1, 0.15) is 11.9 Å². The van der Waals surface area contributed by atoms with E-state index in [1.165, 1.54) is 18.2 Å². The molecular formula is C16H11FN8O. The highest BCUT2D eigenvalue weighted by molar-refractivity contribution is 6.45. The van der Waals surface area contributed by atoms with Crippen LogP contribution in [0.4, 0.5) is 10.1 Å². The van der Waals surface area contributed by atoms with Crippen molar-refractivity contribution < 1.29 is 8.81 Å². The summed E-state index contributed by atoms with van der Waals surface area (Å²) >= 11 is 0. The van der Waals surface area contributed by atoms with E-state index in [0.29, 0.717) is 11.3 Å². The van der Waals surface area contributed by atoms with E-state index in [2.05, 4.69) is 25.7 Å². The van der Waals surface area contributed by atoms with Crippen molar-refractivity contribution in [3.8, 4) is 29.0 Å². The Kier molecular flexibility index (Phi) is 4.62. The maximum Gasteiger partial charge on any atom is 0.250 e. The maximum absolute atomic E-state index is 13.7. The Labute approximate surface area is 146 Å². The minimum Gasteiger partial charge on any atom is -0.416 e. The number of nitrogens with two attached hydrogens (primary N) is 1. The highest BCUT2D eigenvalue weighted by Crippen LogP contribution is 2.30. The molecule has 9 nitrogen and oxygen atoms in total. The van der Waals surface area contributed by atoms with E-state index in [-0.39, 0.29) is 23.1 Å². The van der Waals surface area contributed by atoms with Crippen molar-refractivity contribution in [2.45, 2.75) is 0 Å². The van der Waals surface area contributed by atoms with Gasteiger partial charge in [-0.3, -0.25) is 15.8 Å². The SMILES string of the molecule is N#C/C(=N\Nc1ccc(F)cc1-c1nnc(-c2ccncc2)o1)C(=N)N. The molecule has 0 atom stereocenters. The zero-order valence-electron chi connectivity index (χ0n) is 13.1. The molecule has 4 N–H and O–H groups in total. The number of benzene rings is 1. The summed E-state index contributed by atoms with van der Waals surface area (Å²) in [5.41, 5.74) is 8.67. The van der Waals surface area contributed by atoms with Gasteiger partial charge in [-0.05, 0) is 30.3 Å². The number of hydrazone groups is 1. The molecule has 2 aromatic heterocycles. The molecule has 0 aliphatic heterocycles. The molecule has 3 rings (SSSR count).